The second kappa shape index (κ2) is 6.25. The first kappa shape index (κ1) is 12.7. The topological polar surface area (TPSA) is 47.6 Å². The van der Waals surface area contributed by atoms with E-state index in [-0.39, 0.29) is 5.97 Å². The van der Waals surface area contributed by atoms with Gasteiger partial charge in [0.05, 0.1) is 13.7 Å². The number of likely N-dealkylation sites (N-methyl/N-ethyl adjacent to an activating group) is 1. The largest absolute Gasteiger partial charge is 0.468 e. The highest BCUT2D eigenvalue weighted by Crippen LogP contribution is 2.16. The van der Waals surface area contributed by atoms with Crippen LogP contribution in [-0.2, 0) is 20.9 Å². The SMILES string of the molecule is CNC(C(=O)OC)c1cccc(COC)c1. The van der Waals surface area contributed by atoms with Crippen molar-refractivity contribution in [2.24, 2.45) is 0 Å². The third-order valence-electron chi connectivity index (χ3n) is 2.32. The molecule has 0 aliphatic heterocycles. The van der Waals surface area contributed by atoms with Gasteiger partial charge < -0.3 is 14.8 Å². The molecule has 1 aromatic carbocycles. The lowest BCUT2D eigenvalue weighted by atomic mass is 10.0. The highest BCUT2D eigenvalue weighted by atomic mass is 16.5. The second-order valence-electron chi connectivity index (χ2n) is 3.42. The molecule has 1 rings (SSSR count). The number of hydrogen-bond acceptors (Lipinski definition) is 4. The molecule has 0 aliphatic rings. The Labute approximate surface area is 95.6 Å². The van der Waals surface area contributed by atoms with E-state index in [0.29, 0.717) is 6.61 Å². The molecule has 16 heavy (non-hydrogen) atoms. The minimum Gasteiger partial charge on any atom is -0.468 e. The molecule has 0 aliphatic carbocycles. The fraction of sp³-hybridized carbons (Fsp3) is 0.417. The quantitative estimate of drug-likeness (QED) is 0.764. The first-order valence-electron chi connectivity index (χ1n) is 5.05. The Morgan fingerprint density at radius 3 is 2.75 bits per heavy atom. The third kappa shape index (κ3) is 3.05. The van der Waals surface area contributed by atoms with Crippen LogP contribution < -0.4 is 5.32 Å². The van der Waals surface area contributed by atoms with Crippen LogP contribution in [0.2, 0.25) is 0 Å². The molecule has 1 atom stereocenters. The van der Waals surface area contributed by atoms with Crippen LogP contribution in [0.15, 0.2) is 24.3 Å². The number of carbonyl (C=O) groups excluding carboxylic acids is 1. The predicted molar refractivity (Wildman–Crippen MR) is 61.0 cm³/mol. The van der Waals surface area contributed by atoms with Crippen LogP contribution in [0.25, 0.3) is 0 Å². The lowest BCUT2D eigenvalue weighted by molar-refractivity contribution is -0.143. The maximum absolute atomic E-state index is 11.5. The van der Waals surface area contributed by atoms with Crippen LogP contribution in [0.5, 0.6) is 0 Å². The van der Waals surface area contributed by atoms with Crippen molar-refractivity contribution in [3.63, 3.8) is 0 Å². The van der Waals surface area contributed by atoms with Crippen molar-refractivity contribution >= 4 is 5.97 Å². The van der Waals surface area contributed by atoms with Gasteiger partial charge in [-0.1, -0.05) is 24.3 Å². The van der Waals surface area contributed by atoms with Crippen LogP contribution in [0, 0.1) is 0 Å². The molecule has 4 nitrogen and oxygen atoms in total. The summed E-state index contributed by atoms with van der Waals surface area (Å²) < 4.78 is 9.77. The minimum absolute atomic E-state index is 0.294. The van der Waals surface area contributed by atoms with Crippen LogP contribution in [0.1, 0.15) is 17.2 Å². The maximum Gasteiger partial charge on any atom is 0.327 e. The monoisotopic (exact) mass is 223 g/mol. The molecule has 1 aromatic rings. The molecule has 0 amide bonds. The van der Waals surface area contributed by atoms with Gasteiger partial charge in [0.2, 0.25) is 0 Å². The summed E-state index contributed by atoms with van der Waals surface area (Å²) in [5, 5.41) is 2.92. The minimum atomic E-state index is -0.429. The summed E-state index contributed by atoms with van der Waals surface area (Å²) in [7, 11) is 4.75. The van der Waals surface area contributed by atoms with E-state index in [1.807, 2.05) is 24.3 Å². The highest BCUT2D eigenvalue weighted by molar-refractivity contribution is 5.77. The Hall–Kier alpha value is -1.39. The zero-order chi connectivity index (χ0) is 12.0. The number of methoxy groups -OCH3 is 2. The fourth-order valence-electron chi connectivity index (χ4n) is 1.57. The summed E-state index contributed by atoms with van der Waals surface area (Å²) >= 11 is 0. The summed E-state index contributed by atoms with van der Waals surface area (Å²) in [6.45, 7) is 0.533. The van der Waals surface area contributed by atoms with Crippen molar-refractivity contribution in [1.82, 2.24) is 5.32 Å². The van der Waals surface area contributed by atoms with E-state index < -0.39 is 6.04 Å². The number of ether oxygens (including phenoxy) is 2. The normalized spacial score (nSPS) is 12.2. The van der Waals surface area contributed by atoms with Crippen molar-refractivity contribution in [3.05, 3.63) is 35.4 Å². The lowest BCUT2D eigenvalue weighted by Gasteiger charge is -2.14. The maximum atomic E-state index is 11.5. The van der Waals surface area contributed by atoms with Crippen molar-refractivity contribution in [3.8, 4) is 0 Å². The van der Waals surface area contributed by atoms with E-state index in [1.165, 1.54) is 7.11 Å². The molecular formula is C12H17NO3. The van der Waals surface area contributed by atoms with Crippen molar-refractivity contribution in [2.45, 2.75) is 12.6 Å². The van der Waals surface area contributed by atoms with Gasteiger partial charge in [0, 0.05) is 7.11 Å². The Balaban J connectivity index is 2.92. The first-order valence-corrected chi connectivity index (χ1v) is 5.05. The van der Waals surface area contributed by atoms with E-state index in [4.69, 9.17) is 9.47 Å². The average molecular weight is 223 g/mol. The van der Waals surface area contributed by atoms with E-state index in [0.717, 1.165) is 11.1 Å². The Morgan fingerprint density at radius 2 is 2.19 bits per heavy atom. The van der Waals surface area contributed by atoms with Gasteiger partial charge in [-0.3, -0.25) is 0 Å². The predicted octanol–water partition coefficient (Wildman–Crippen LogP) is 1.27. The third-order valence-corrected chi connectivity index (χ3v) is 2.32. The highest BCUT2D eigenvalue weighted by Gasteiger charge is 2.18. The van der Waals surface area contributed by atoms with Crippen molar-refractivity contribution in [1.29, 1.82) is 0 Å². The van der Waals surface area contributed by atoms with Gasteiger partial charge in [-0.15, -0.1) is 0 Å². The smallest absolute Gasteiger partial charge is 0.327 e. The summed E-state index contributed by atoms with van der Waals surface area (Å²) in [6.07, 6.45) is 0. The summed E-state index contributed by atoms with van der Waals surface area (Å²) in [6, 6.07) is 7.24. The van der Waals surface area contributed by atoms with Crippen LogP contribution >= 0.6 is 0 Å². The first-order chi connectivity index (χ1) is 7.72. The average Bonchev–Trinajstić information content (AvgIpc) is 2.31. The molecule has 0 heterocycles. The van der Waals surface area contributed by atoms with Crippen LogP contribution in [0.4, 0.5) is 0 Å². The van der Waals surface area contributed by atoms with Gasteiger partial charge in [0.25, 0.3) is 0 Å². The molecule has 1 unspecified atom stereocenters. The summed E-state index contributed by atoms with van der Waals surface area (Å²) in [5.41, 5.74) is 1.91. The summed E-state index contributed by atoms with van der Waals surface area (Å²) in [5.74, 6) is -0.294. The van der Waals surface area contributed by atoms with Crippen molar-refractivity contribution in [2.75, 3.05) is 21.3 Å². The van der Waals surface area contributed by atoms with E-state index in [2.05, 4.69) is 5.32 Å². The molecule has 4 heteroatoms. The van der Waals surface area contributed by atoms with E-state index in [1.54, 1.807) is 14.2 Å². The number of esters is 1. The Bertz CT molecular complexity index is 352. The molecule has 88 valence electrons. The summed E-state index contributed by atoms with van der Waals surface area (Å²) in [4.78, 5) is 11.5. The molecule has 0 spiro atoms. The molecule has 0 bridgehead atoms. The van der Waals surface area contributed by atoms with Gasteiger partial charge >= 0.3 is 5.97 Å². The number of rotatable bonds is 5. The Morgan fingerprint density at radius 1 is 1.44 bits per heavy atom. The molecule has 1 N–H and O–H groups in total. The number of hydrogen-bond donors (Lipinski definition) is 1. The van der Waals surface area contributed by atoms with Gasteiger partial charge in [-0.05, 0) is 18.2 Å². The Kier molecular flexibility index (Phi) is 4.95. The van der Waals surface area contributed by atoms with Gasteiger partial charge in [0.1, 0.15) is 6.04 Å². The number of carbonyl (C=O) groups is 1. The van der Waals surface area contributed by atoms with E-state index in [9.17, 15) is 4.79 Å². The van der Waals surface area contributed by atoms with E-state index >= 15 is 0 Å². The number of benzene rings is 1. The number of nitrogens with one attached hydrogen (secondary N) is 1. The van der Waals surface area contributed by atoms with Crippen LogP contribution in [-0.4, -0.2) is 27.2 Å². The molecule has 0 saturated carbocycles. The standard InChI is InChI=1S/C12H17NO3/c1-13-11(12(14)16-3)10-6-4-5-9(7-10)8-15-2/h4-7,11,13H,8H2,1-3H3. The van der Waals surface area contributed by atoms with Crippen LogP contribution in [0.3, 0.4) is 0 Å². The zero-order valence-electron chi connectivity index (χ0n) is 9.82. The molecule has 0 radical (unpaired) electrons. The van der Waals surface area contributed by atoms with Gasteiger partial charge in [0.15, 0.2) is 0 Å². The van der Waals surface area contributed by atoms with Gasteiger partial charge in [-0.25, -0.2) is 4.79 Å². The van der Waals surface area contributed by atoms with Crippen molar-refractivity contribution < 1.29 is 14.3 Å². The lowest BCUT2D eigenvalue weighted by Crippen LogP contribution is -2.26. The molecule has 0 aromatic heterocycles. The molecular weight excluding hydrogens is 206 g/mol. The second-order valence-corrected chi connectivity index (χ2v) is 3.42. The zero-order valence-corrected chi connectivity index (χ0v) is 9.82. The molecule has 0 fully saturated rings. The van der Waals surface area contributed by atoms with Gasteiger partial charge in [-0.2, -0.15) is 0 Å². The molecule has 0 saturated heterocycles. The fourth-order valence-corrected chi connectivity index (χ4v) is 1.57.